The number of aryl methyl sites for hydroxylation is 1. The second-order valence-corrected chi connectivity index (χ2v) is 8.58. The summed E-state index contributed by atoms with van der Waals surface area (Å²) in [6, 6.07) is 20.8. The zero-order valence-electron chi connectivity index (χ0n) is 17.9. The summed E-state index contributed by atoms with van der Waals surface area (Å²) in [4.78, 5) is 27.1. The molecule has 3 N–H and O–H groups in total. The minimum absolute atomic E-state index is 0.0688. The molecule has 31 heavy (non-hydrogen) atoms. The van der Waals surface area contributed by atoms with Crippen LogP contribution in [-0.2, 0) is 16.0 Å². The molecule has 0 saturated carbocycles. The maximum Gasteiger partial charge on any atom is 0.224 e. The molecule has 0 spiro atoms. The van der Waals surface area contributed by atoms with Crippen LogP contribution in [0.5, 0.6) is 0 Å². The monoisotopic (exact) mass is 420 g/mol. The van der Waals surface area contributed by atoms with Gasteiger partial charge in [-0.05, 0) is 30.4 Å². The minimum atomic E-state index is -0.119. The van der Waals surface area contributed by atoms with Gasteiger partial charge in [0.25, 0.3) is 0 Å². The molecule has 0 aromatic heterocycles. The van der Waals surface area contributed by atoms with Gasteiger partial charge >= 0.3 is 0 Å². The van der Waals surface area contributed by atoms with Crippen molar-refractivity contribution in [2.24, 2.45) is 11.8 Å². The lowest BCUT2D eigenvalue weighted by atomic mass is 9.93. The highest BCUT2D eigenvalue weighted by Crippen LogP contribution is 2.24. The highest BCUT2D eigenvalue weighted by Gasteiger charge is 2.32. The van der Waals surface area contributed by atoms with Gasteiger partial charge in [-0.2, -0.15) is 0 Å². The lowest BCUT2D eigenvalue weighted by Crippen LogP contribution is -2.47. The molecule has 2 aliphatic heterocycles. The van der Waals surface area contributed by atoms with Crippen LogP contribution in [0.3, 0.4) is 0 Å². The van der Waals surface area contributed by atoms with Gasteiger partial charge in [0, 0.05) is 38.5 Å². The third-order valence-corrected chi connectivity index (χ3v) is 6.40. The molecule has 164 valence electrons. The Kier molecular flexibility index (Phi) is 7.33. The minimum Gasteiger partial charge on any atom is -0.355 e. The molecule has 2 heterocycles. The van der Waals surface area contributed by atoms with E-state index in [1.165, 1.54) is 11.1 Å². The summed E-state index contributed by atoms with van der Waals surface area (Å²) >= 11 is 0. The Bertz CT molecular complexity index is 858. The number of hydrazine groups is 1. The first-order valence-corrected chi connectivity index (χ1v) is 11.3. The second-order valence-electron chi connectivity index (χ2n) is 8.58. The van der Waals surface area contributed by atoms with E-state index in [4.69, 9.17) is 0 Å². The number of hydrogen-bond acceptors (Lipinski definition) is 4. The number of carbonyl (C=O) groups excluding carboxylic acids is 2. The van der Waals surface area contributed by atoms with Crippen molar-refractivity contribution in [3.8, 4) is 0 Å². The fourth-order valence-corrected chi connectivity index (χ4v) is 4.58. The van der Waals surface area contributed by atoms with E-state index in [2.05, 4.69) is 40.4 Å². The number of nitrogens with one attached hydrogen (secondary N) is 3. The van der Waals surface area contributed by atoms with E-state index < -0.39 is 0 Å². The van der Waals surface area contributed by atoms with E-state index >= 15 is 0 Å². The fourth-order valence-electron chi connectivity index (χ4n) is 4.58. The first-order chi connectivity index (χ1) is 15.2. The van der Waals surface area contributed by atoms with Crippen molar-refractivity contribution in [2.45, 2.75) is 31.7 Å². The van der Waals surface area contributed by atoms with Gasteiger partial charge < -0.3 is 10.2 Å². The Morgan fingerprint density at radius 1 is 1.06 bits per heavy atom. The summed E-state index contributed by atoms with van der Waals surface area (Å²) in [5.41, 5.74) is 9.05. The van der Waals surface area contributed by atoms with Gasteiger partial charge in [0.2, 0.25) is 11.8 Å². The Morgan fingerprint density at radius 3 is 2.58 bits per heavy atom. The zero-order chi connectivity index (χ0) is 21.5. The molecule has 6 heteroatoms. The van der Waals surface area contributed by atoms with Crippen LogP contribution in [0.25, 0.3) is 0 Å². The number of likely N-dealkylation sites (tertiary alicyclic amines) is 1. The largest absolute Gasteiger partial charge is 0.355 e. The van der Waals surface area contributed by atoms with Crippen LogP contribution in [0.4, 0.5) is 0 Å². The molecule has 6 nitrogen and oxygen atoms in total. The van der Waals surface area contributed by atoms with Crippen molar-refractivity contribution in [2.75, 3.05) is 26.2 Å². The highest BCUT2D eigenvalue weighted by molar-refractivity contribution is 5.83. The summed E-state index contributed by atoms with van der Waals surface area (Å²) in [7, 11) is 0. The van der Waals surface area contributed by atoms with Gasteiger partial charge in [0.1, 0.15) is 0 Å². The summed E-state index contributed by atoms with van der Waals surface area (Å²) in [6.45, 7) is 2.68. The SMILES string of the molecule is O=C(NCC1CNNC1c1ccccc1)C1CCC(=O)N(CCCc2ccccc2)C1. The Hall–Kier alpha value is -2.70. The van der Waals surface area contributed by atoms with Gasteiger partial charge in [-0.1, -0.05) is 60.7 Å². The molecule has 3 unspecified atom stereocenters. The second kappa shape index (κ2) is 10.6. The highest BCUT2D eigenvalue weighted by atomic mass is 16.2. The molecule has 0 aliphatic carbocycles. The molecular weight excluding hydrogens is 388 g/mol. The van der Waals surface area contributed by atoms with Crippen molar-refractivity contribution in [3.63, 3.8) is 0 Å². The zero-order valence-corrected chi connectivity index (χ0v) is 17.9. The predicted molar refractivity (Wildman–Crippen MR) is 121 cm³/mol. The Balaban J connectivity index is 1.25. The van der Waals surface area contributed by atoms with Crippen LogP contribution < -0.4 is 16.2 Å². The smallest absolute Gasteiger partial charge is 0.224 e. The van der Waals surface area contributed by atoms with Crippen LogP contribution in [0.2, 0.25) is 0 Å². The maximum absolute atomic E-state index is 12.9. The van der Waals surface area contributed by atoms with E-state index in [-0.39, 0.29) is 23.8 Å². The van der Waals surface area contributed by atoms with Crippen LogP contribution in [0.15, 0.2) is 60.7 Å². The topological polar surface area (TPSA) is 73.5 Å². The first kappa shape index (κ1) is 21.5. The van der Waals surface area contributed by atoms with Crippen LogP contribution in [-0.4, -0.2) is 42.9 Å². The summed E-state index contributed by atoms with van der Waals surface area (Å²) < 4.78 is 0. The molecule has 0 radical (unpaired) electrons. The maximum atomic E-state index is 12.9. The van der Waals surface area contributed by atoms with Crippen molar-refractivity contribution in [3.05, 3.63) is 71.8 Å². The molecule has 2 amide bonds. The third kappa shape index (κ3) is 5.71. The van der Waals surface area contributed by atoms with E-state index in [1.54, 1.807) is 0 Å². The molecule has 2 aliphatic rings. The Labute approximate surface area is 184 Å². The molecule has 2 aromatic carbocycles. The quantitative estimate of drug-likeness (QED) is 0.613. The molecule has 2 saturated heterocycles. The average molecular weight is 421 g/mol. The summed E-state index contributed by atoms with van der Waals surface area (Å²) in [6.07, 6.45) is 2.97. The number of piperidine rings is 1. The number of hydrogen-bond donors (Lipinski definition) is 3. The van der Waals surface area contributed by atoms with E-state index in [9.17, 15) is 9.59 Å². The normalized spacial score (nSPS) is 23.7. The van der Waals surface area contributed by atoms with Crippen molar-refractivity contribution >= 4 is 11.8 Å². The number of benzene rings is 2. The van der Waals surface area contributed by atoms with Gasteiger partial charge in [-0.15, -0.1) is 0 Å². The fraction of sp³-hybridized carbons (Fsp3) is 0.440. The van der Waals surface area contributed by atoms with E-state index in [0.717, 1.165) is 19.4 Å². The molecule has 0 bridgehead atoms. The molecule has 3 atom stereocenters. The van der Waals surface area contributed by atoms with E-state index in [0.29, 0.717) is 38.4 Å². The molecule has 2 aromatic rings. The first-order valence-electron chi connectivity index (χ1n) is 11.3. The van der Waals surface area contributed by atoms with Crippen molar-refractivity contribution < 1.29 is 9.59 Å². The van der Waals surface area contributed by atoms with Crippen LogP contribution in [0.1, 0.15) is 36.4 Å². The van der Waals surface area contributed by atoms with Crippen molar-refractivity contribution in [1.82, 2.24) is 21.1 Å². The van der Waals surface area contributed by atoms with Gasteiger partial charge in [0.05, 0.1) is 12.0 Å². The van der Waals surface area contributed by atoms with Gasteiger partial charge in [0.15, 0.2) is 0 Å². The predicted octanol–water partition coefficient (Wildman–Crippen LogP) is 2.44. The lowest BCUT2D eigenvalue weighted by Gasteiger charge is -2.32. The van der Waals surface area contributed by atoms with Gasteiger partial charge in [-0.3, -0.25) is 15.0 Å². The Morgan fingerprint density at radius 2 is 1.81 bits per heavy atom. The number of rotatable bonds is 8. The van der Waals surface area contributed by atoms with Crippen LogP contribution >= 0.6 is 0 Å². The standard InChI is InChI=1S/C25H32N4O2/c30-23-14-13-21(18-29(23)15-7-10-19-8-3-1-4-9-19)25(31)26-16-22-17-27-28-24(22)20-11-5-2-6-12-20/h1-6,8-9,11-12,21-22,24,27-28H,7,10,13-18H2,(H,26,31). The summed E-state index contributed by atoms with van der Waals surface area (Å²) in [5, 5.41) is 3.15. The molecular formula is C25H32N4O2. The van der Waals surface area contributed by atoms with Gasteiger partial charge in [-0.25, -0.2) is 5.43 Å². The average Bonchev–Trinajstić information content (AvgIpc) is 3.29. The van der Waals surface area contributed by atoms with Crippen molar-refractivity contribution in [1.29, 1.82) is 0 Å². The van der Waals surface area contributed by atoms with E-state index in [1.807, 2.05) is 41.3 Å². The molecule has 4 rings (SSSR count). The third-order valence-electron chi connectivity index (χ3n) is 6.40. The number of carbonyl (C=O) groups is 2. The summed E-state index contributed by atoms with van der Waals surface area (Å²) in [5.74, 6) is 0.412. The number of amides is 2. The number of nitrogens with zero attached hydrogens (tertiary/aromatic N) is 1. The lowest BCUT2D eigenvalue weighted by molar-refractivity contribution is -0.138. The molecule has 2 fully saturated rings. The van der Waals surface area contributed by atoms with Crippen LogP contribution in [0, 0.1) is 11.8 Å².